The van der Waals surface area contributed by atoms with Crippen molar-refractivity contribution < 1.29 is 14.3 Å². The maximum Gasteiger partial charge on any atom is 0.229 e. The number of carbonyl (C=O) groups is 1. The molecule has 1 atom stereocenters. The van der Waals surface area contributed by atoms with Crippen LogP contribution >= 0.6 is 0 Å². The zero-order valence-electron chi connectivity index (χ0n) is 15.5. The van der Waals surface area contributed by atoms with Gasteiger partial charge in [0, 0.05) is 39.3 Å². The molecular formula is C18H24N6O3. The van der Waals surface area contributed by atoms with Crippen LogP contribution in [-0.2, 0) is 27.4 Å². The van der Waals surface area contributed by atoms with Crippen LogP contribution in [0.4, 0.5) is 0 Å². The fourth-order valence-electron chi connectivity index (χ4n) is 4.08. The minimum absolute atomic E-state index is 0.164. The molecule has 0 aliphatic carbocycles. The van der Waals surface area contributed by atoms with E-state index in [4.69, 9.17) is 9.47 Å². The molecule has 4 rings (SSSR count). The topological polar surface area (TPSA) is 95.3 Å². The van der Waals surface area contributed by atoms with E-state index in [0.717, 1.165) is 18.4 Å². The number of nitrogens with zero attached hydrogens (tertiary/aromatic N) is 6. The first-order valence-corrected chi connectivity index (χ1v) is 9.26. The van der Waals surface area contributed by atoms with Crippen LogP contribution in [0, 0.1) is 5.41 Å². The van der Waals surface area contributed by atoms with Crippen molar-refractivity contribution >= 4 is 5.91 Å². The molecule has 2 aliphatic rings. The van der Waals surface area contributed by atoms with Gasteiger partial charge in [0.15, 0.2) is 5.82 Å². The summed E-state index contributed by atoms with van der Waals surface area (Å²) >= 11 is 0. The van der Waals surface area contributed by atoms with Crippen LogP contribution in [0.15, 0.2) is 24.5 Å². The molecule has 27 heavy (non-hydrogen) atoms. The Morgan fingerprint density at radius 1 is 1.37 bits per heavy atom. The first kappa shape index (κ1) is 18.0. The molecule has 0 radical (unpaired) electrons. The average molecular weight is 372 g/mol. The number of hydrogen-bond donors (Lipinski definition) is 0. The van der Waals surface area contributed by atoms with E-state index < -0.39 is 0 Å². The van der Waals surface area contributed by atoms with Gasteiger partial charge in [-0.2, -0.15) is 0 Å². The number of methoxy groups -OCH3 is 1. The van der Waals surface area contributed by atoms with Gasteiger partial charge in [-0.15, -0.1) is 5.10 Å². The minimum atomic E-state index is -0.386. The third kappa shape index (κ3) is 3.44. The van der Waals surface area contributed by atoms with Gasteiger partial charge in [-0.05, 0) is 41.3 Å². The minimum Gasteiger partial charge on any atom is -0.383 e. The normalized spacial score (nSPS) is 21.9. The molecule has 0 N–H and O–H groups in total. The number of ether oxygens (including phenoxy) is 2. The van der Waals surface area contributed by atoms with E-state index in [2.05, 4.69) is 20.5 Å². The molecule has 1 unspecified atom stereocenters. The summed E-state index contributed by atoms with van der Waals surface area (Å²) in [5.74, 6) is 0.883. The summed E-state index contributed by atoms with van der Waals surface area (Å²) in [5, 5.41) is 12.2. The monoisotopic (exact) mass is 372 g/mol. The van der Waals surface area contributed by atoms with E-state index in [1.54, 1.807) is 24.2 Å². The van der Waals surface area contributed by atoms with Crippen molar-refractivity contribution in [2.45, 2.75) is 38.4 Å². The molecule has 1 amide bonds. The molecular weight excluding hydrogens is 348 g/mol. The van der Waals surface area contributed by atoms with Crippen LogP contribution in [0.2, 0.25) is 0 Å². The lowest BCUT2D eigenvalue weighted by molar-refractivity contribution is -0.141. The predicted molar refractivity (Wildman–Crippen MR) is 94.3 cm³/mol. The molecule has 4 heterocycles. The fraction of sp³-hybridized carbons (Fsp3) is 0.611. The van der Waals surface area contributed by atoms with Gasteiger partial charge in [0.1, 0.15) is 0 Å². The lowest BCUT2D eigenvalue weighted by Gasteiger charge is -2.31. The Bertz CT molecular complexity index is 774. The Morgan fingerprint density at radius 2 is 2.22 bits per heavy atom. The standard InChI is InChI=1S/C18H24N6O3/c1-26-10-7-24-16(20-21-22-24)15-11-18(4-8-27-9-5-18)17(25)23(15)13-14-3-2-6-19-12-14/h2-3,6,12,15H,4-5,7-11,13H2,1H3. The maximum absolute atomic E-state index is 13.5. The highest BCUT2D eigenvalue weighted by molar-refractivity contribution is 5.85. The lowest BCUT2D eigenvalue weighted by Crippen LogP contribution is -2.38. The van der Waals surface area contributed by atoms with Crippen molar-refractivity contribution in [1.82, 2.24) is 30.1 Å². The fourth-order valence-corrected chi connectivity index (χ4v) is 4.08. The third-order valence-electron chi connectivity index (χ3n) is 5.57. The average Bonchev–Trinajstić information content (AvgIpc) is 3.27. The number of aromatic nitrogens is 5. The van der Waals surface area contributed by atoms with Gasteiger partial charge < -0.3 is 14.4 Å². The molecule has 2 aromatic rings. The molecule has 9 heteroatoms. The first-order valence-electron chi connectivity index (χ1n) is 9.26. The van der Waals surface area contributed by atoms with E-state index in [1.807, 2.05) is 17.0 Å². The molecule has 0 aromatic carbocycles. The van der Waals surface area contributed by atoms with Crippen molar-refractivity contribution in [2.24, 2.45) is 5.41 Å². The molecule has 2 aliphatic heterocycles. The van der Waals surface area contributed by atoms with Gasteiger partial charge >= 0.3 is 0 Å². The molecule has 1 spiro atoms. The quantitative estimate of drug-likeness (QED) is 0.746. The summed E-state index contributed by atoms with van der Waals surface area (Å²) in [5.41, 5.74) is 0.610. The second kappa shape index (κ2) is 7.69. The van der Waals surface area contributed by atoms with Crippen LogP contribution in [0.1, 0.15) is 36.7 Å². The van der Waals surface area contributed by atoms with Crippen LogP contribution < -0.4 is 0 Å². The number of hydrogen-bond acceptors (Lipinski definition) is 7. The Balaban J connectivity index is 1.66. The molecule has 0 saturated carbocycles. The number of likely N-dealkylation sites (tertiary alicyclic amines) is 1. The Hall–Kier alpha value is -2.39. The summed E-state index contributed by atoms with van der Waals surface area (Å²) in [4.78, 5) is 19.6. The number of rotatable bonds is 6. The van der Waals surface area contributed by atoms with Gasteiger partial charge in [0.25, 0.3) is 0 Å². The van der Waals surface area contributed by atoms with Gasteiger partial charge in [-0.1, -0.05) is 6.07 Å². The van der Waals surface area contributed by atoms with Crippen LogP contribution in [0.3, 0.4) is 0 Å². The third-order valence-corrected chi connectivity index (χ3v) is 5.57. The van der Waals surface area contributed by atoms with E-state index in [9.17, 15) is 4.79 Å². The molecule has 9 nitrogen and oxygen atoms in total. The van der Waals surface area contributed by atoms with Crippen LogP contribution in [-0.4, -0.2) is 62.9 Å². The Morgan fingerprint density at radius 3 is 2.96 bits per heavy atom. The highest BCUT2D eigenvalue weighted by Crippen LogP contribution is 2.49. The summed E-state index contributed by atoms with van der Waals surface area (Å²) in [6.45, 7) is 2.80. The van der Waals surface area contributed by atoms with E-state index in [1.165, 1.54) is 0 Å². The number of carbonyl (C=O) groups excluding carboxylic acids is 1. The smallest absolute Gasteiger partial charge is 0.229 e. The summed E-state index contributed by atoms with van der Waals surface area (Å²) in [6.07, 6.45) is 5.73. The predicted octanol–water partition coefficient (Wildman–Crippen LogP) is 0.985. The van der Waals surface area contributed by atoms with Crippen molar-refractivity contribution in [2.75, 3.05) is 26.9 Å². The van der Waals surface area contributed by atoms with Crippen LogP contribution in [0.25, 0.3) is 0 Å². The number of tetrazole rings is 1. The summed E-state index contributed by atoms with van der Waals surface area (Å²) in [7, 11) is 1.65. The van der Waals surface area contributed by atoms with E-state index in [0.29, 0.717) is 45.2 Å². The van der Waals surface area contributed by atoms with E-state index >= 15 is 0 Å². The molecule has 2 fully saturated rings. The van der Waals surface area contributed by atoms with Crippen LogP contribution in [0.5, 0.6) is 0 Å². The van der Waals surface area contributed by atoms with Gasteiger partial charge in [-0.25, -0.2) is 4.68 Å². The van der Waals surface area contributed by atoms with Crippen molar-refractivity contribution in [3.05, 3.63) is 35.9 Å². The molecule has 0 bridgehead atoms. The van der Waals surface area contributed by atoms with Crippen molar-refractivity contribution in [3.63, 3.8) is 0 Å². The second-order valence-corrected chi connectivity index (χ2v) is 7.16. The van der Waals surface area contributed by atoms with Gasteiger partial charge in [0.2, 0.25) is 5.91 Å². The summed E-state index contributed by atoms with van der Waals surface area (Å²) < 4.78 is 12.4. The SMILES string of the molecule is COCCn1nnnc1C1CC2(CCOCC2)C(=O)N1Cc1cccnc1. The first-order chi connectivity index (χ1) is 13.2. The van der Waals surface area contributed by atoms with Gasteiger partial charge in [0.05, 0.1) is 24.6 Å². The maximum atomic E-state index is 13.5. The Kier molecular flexibility index (Phi) is 5.13. The summed E-state index contributed by atoms with van der Waals surface area (Å²) in [6, 6.07) is 3.71. The second-order valence-electron chi connectivity index (χ2n) is 7.16. The zero-order chi connectivity index (χ0) is 18.7. The number of pyridine rings is 1. The molecule has 2 aromatic heterocycles. The largest absolute Gasteiger partial charge is 0.383 e. The van der Waals surface area contributed by atoms with Gasteiger partial charge in [-0.3, -0.25) is 9.78 Å². The lowest BCUT2D eigenvalue weighted by atomic mass is 9.77. The Labute approximate surface area is 157 Å². The van der Waals surface area contributed by atoms with Crippen molar-refractivity contribution in [3.8, 4) is 0 Å². The molecule has 144 valence electrons. The zero-order valence-corrected chi connectivity index (χ0v) is 15.5. The highest BCUT2D eigenvalue weighted by atomic mass is 16.5. The highest BCUT2D eigenvalue weighted by Gasteiger charge is 2.53. The number of amides is 1. The van der Waals surface area contributed by atoms with E-state index in [-0.39, 0.29) is 17.4 Å². The molecule has 2 saturated heterocycles. The van der Waals surface area contributed by atoms with Crippen molar-refractivity contribution in [1.29, 1.82) is 0 Å².